The SMILES string of the molecule is CC1COC(=O)O1.CCOC(=O)CCCCCCCCC(=O)OCC. The van der Waals surface area contributed by atoms with Crippen LogP contribution in [-0.4, -0.2) is 44.0 Å². The van der Waals surface area contributed by atoms with Crippen LogP contribution >= 0.6 is 0 Å². The average Bonchev–Trinajstić information content (AvgIpc) is 2.94. The first-order valence-corrected chi connectivity index (χ1v) is 9.14. The van der Waals surface area contributed by atoms with Gasteiger partial charge < -0.3 is 18.9 Å². The van der Waals surface area contributed by atoms with Crippen molar-refractivity contribution in [2.45, 2.75) is 78.2 Å². The van der Waals surface area contributed by atoms with Crippen molar-refractivity contribution in [1.82, 2.24) is 0 Å². The van der Waals surface area contributed by atoms with Crippen LogP contribution in [-0.2, 0) is 28.5 Å². The summed E-state index contributed by atoms with van der Waals surface area (Å²) in [6.07, 6.45) is 6.58. The van der Waals surface area contributed by atoms with Gasteiger partial charge in [0.05, 0.1) is 13.2 Å². The summed E-state index contributed by atoms with van der Waals surface area (Å²) in [6, 6.07) is 0. The van der Waals surface area contributed by atoms with Gasteiger partial charge in [0.15, 0.2) is 0 Å². The Morgan fingerprint density at radius 1 is 0.920 bits per heavy atom. The second-order valence-corrected chi connectivity index (χ2v) is 5.72. The van der Waals surface area contributed by atoms with Crippen LogP contribution in [0, 0.1) is 0 Å². The van der Waals surface area contributed by atoms with Gasteiger partial charge in [0.1, 0.15) is 12.7 Å². The quantitative estimate of drug-likeness (QED) is 0.315. The predicted molar refractivity (Wildman–Crippen MR) is 92.1 cm³/mol. The zero-order valence-electron chi connectivity index (χ0n) is 15.7. The maximum absolute atomic E-state index is 11.0. The van der Waals surface area contributed by atoms with E-state index in [0.717, 1.165) is 38.5 Å². The highest BCUT2D eigenvalue weighted by Crippen LogP contribution is 2.09. The van der Waals surface area contributed by atoms with E-state index in [0.29, 0.717) is 32.7 Å². The average molecular weight is 360 g/mol. The summed E-state index contributed by atoms with van der Waals surface area (Å²) in [5, 5.41) is 0. The number of cyclic esters (lactones) is 2. The monoisotopic (exact) mass is 360 g/mol. The second-order valence-electron chi connectivity index (χ2n) is 5.72. The summed E-state index contributed by atoms with van der Waals surface area (Å²) < 4.78 is 18.6. The second kappa shape index (κ2) is 15.7. The minimum absolute atomic E-state index is 0.0486. The molecular weight excluding hydrogens is 328 g/mol. The molecule has 0 aromatic carbocycles. The van der Waals surface area contributed by atoms with Gasteiger partial charge in [0, 0.05) is 12.8 Å². The fourth-order valence-electron chi connectivity index (χ4n) is 2.13. The first-order chi connectivity index (χ1) is 12.0. The van der Waals surface area contributed by atoms with E-state index >= 15 is 0 Å². The zero-order chi connectivity index (χ0) is 18.9. The number of carbonyl (C=O) groups excluding carboxylic acids is 3. The Bertz CT molecular complexity index is 358. The number of esters is 2. The normalized spacial score (nSPS) is 15.5. The van der Waals surface area contributed by atoms with E-state index in [1.165, 1.54) is 0 Å². The van der Waals surface area contributed by atoms with Gasteiger partial charge in [-0.3, -0.25) is 9.59 Å². The lowest BCUT2D eigenvalue weighted by atomic mass is 10.1. The lowest BCUT2D eigenvalue weighted by Gasteiger charge is -2.03. The van der Waals surface area contributed by atoms with Crippen LogP contribution in [0.5, 0.6) is 0 Å². The molecule has 1 fully saturated rings. The molecule has 0 aromatic heterocycles. The highest BCUT2D eigenvalue weighted by atomic mass is 16.8. The Balaban J connectivity index is 0.000000676. The highest BCUT2D eigenvalue weighted by molar-refractivity contribution is 5.69. The summed E-state index contributed by atoms with van der Waals surface area (Å²) in [5.41, 5.74) is 0. The summed E-state index contributed by atoms with van der Waals surface area (Å²) in [4.78, 5) is 32.1. The Morgan fingerprint density at radius 3 is 1.64 bits per heavy atom. The van der Waals surface area contributed by atoms with Gasteiger partial charge in [-0.15, -0.1) is 0 Å². The first kappa shape index (κ1) is 23.2. The third kappa shape index (κ3) is 15.5. The molecule has 25 heavy (non-hydrogen) atoms. The molecule has 0 bridgehead atoms. The maximum Gasteiger partial charge on any atom is 0.508 e. The van der Waals surface area contributed by atoms with Crippen molar-refractivity contribution >= 4 is 18.1 Å². The summed E-state index contributed by atoms with van der Waals surface area (Å²) in [5.74, 6) is -0.195. The molecule has 1 aliphatic heterocycles. The number of hydrogen-bond donors (Lipinski definition) is 0. The van der Waals surface area contributed by atoms with Gasteiger partial charge in [0.2, 0.25) is 0 Å². The lowest BCUT2D eigenvalue weighted by Crippen LogP contribution is -2.03. The minimum Gasteiger partial charge on any atom is -0.466 e. The van der Waals surface area contributed by atoms with E-state index in [1.807, 2.05) is 13.8 Å². The minimum atomic E-state index is -0.549. The topological polar surface area (TPSA) is 88.1 Å². The zero-order valence-corrected chi connectivity index (χ0v) is 15.7. The van der Waals surface area contributed by atoms with Crippen molar-refractivity contribution in [3.63, 3.8) is 0 Å². The molecule has 0 N–H and O–H groups in total. The largest absolute Gasteiger partial charge is 0.508 e. The number of rotatable bonds is 11. The van der Waals surface area contributed by atoms with E-state index in [-0.39, 0.29) is 18.0 Å². The van der Waals surface area contributed by atoms with E-state index in [2.05, 4.69) is 9.47 Å². The third-order valence-corrected chi connectivity index (χ3v) is 3.36. The summed E-state index contributed by atoms with van der Waals surface area (Å²) >= 11 is 0. The van der Waals surface area contributed by atoms with Crippen molar-refractivity contribution in [3.8, 4) is 0 Å². The van der Waals surface area contributed by atoms with Crippen molar-refractivity contribution < 1.29 is 33.3 Å². The molecule has 0 aliphatic carbocycles. The van der Waals surface area contributed by atoms with Gasteiger partial charge in [-0.1, -0.05) is 25.7 Å². The van der Waals surface area contributed by atoms with Crippen molar-refractivity contribution in [2.24, 2.45) is 0 Å². The molecule has 0 saturated carbocycles. The fourth-order valence-corrected chi connectivity index (χ4v) is 2.13. The van der Waals surface area contributed by atoms with E-state index in [9.17, 15) is 14.4 Å². The summed E-state index contributed by atoms with van der Waals surface area (Å²) in [6.45, 7) is 6.76. The van der Waals surface area contributed by atoms with Gasteiger partial charge in [-0.25, -0.2) is 4.79 Å². The Hall–Kier alpha value is -1.79. The van der Waals surface area contributed by atoms with Gasteiger partial charge in [-0.2, -0.15) is 0 Å². The first-order valence-electron chi connectivity index (χ1n) is 9.14. The standard InChI is InChI=1S/C14H26O4.C4H6O3/c1-3-17-13(15)11-9-7-5-6-8-10-12-14(16)18-4-2;1-3-2-6-4(5)7-3/h3-12H2,1-2H3;3H,2H2,1H3. The predicted octanol–water partition coefficient (Wildman–Crippen LogP) is 3.78. The molecule has 1 rings (SSSR count). The smallest absolute Gasteiger partial charge is 0.466 e. The molecule has 0 aromatic rings. The van der Waals surface area contributed by atoms with Crippen molar-refractivity contribution in [3.05, 3.63) is 0 Å². The van der Waals surface area contributed by atoms with E-state index in [4.69, 9.17) is 9.47 Å². The van der Waals surface area contributed by atoms with Gasteiger partial charge in [0.25, 0.3) is 0 Å². The molecule has 0 spiro atoms. The van der Waals surface area contributed by atoms with Crippen LogP contribution in [0.4, 0.5) is 4.79 Å². The molecule has 1 saturated heterocycles. The van der Waals surface area contributed by atoms with Crippen LogP contribution < -0.4 is 0 Å². The maximum atomic E-state index is 11.0. The molecule has 7 heteroatoms. The molecule has 1 aliphatic rings. The van der Waals surface area contributed by atoms with Crippen LogP contribution in [0.25, 0.3) is 0 Å². The molecule has 146 valence electrons. The molecule has 0 amide bonds. The number of hydrogen-bond acceptors (Lipinski definition) is 7. The van der Waals surface area contributed by atoms with Crippen molar-refractivity contribution in [1.29, 1.82) is 0 Å². The van der Waals surface area contributed by atoms with Crippen molar-refractivity contribution in [2.75, 3.05) is 19.8 Å². The Morgan fingerprint density at radius 2 is 1.36 bits per heavy atom. The molecule has 1 heterocycles. The lowest BCUT2D eigenvalue weighted by molar-refractivity contribution is -0.144. The van der Waals surface area contributed by atoms with Gasteiger partial charge >= 0.3 is 18.1 Å². The van der Waals surface area contributed by atoms with Crippen LogP contribution in [0.15, 0.2) is 0 Å². The fraction of sp³-hybridized carbons (Fsp3) is 0.833. The molecule has 7 nitrogen and oxygen atoms in total. The van der Waals surface area contributed by atoms with Crippen LogP contribution in [0.2, 0.25) is 0 Å². The Kier molecular flexibility index (Phi) is 14.6. The number of ether oxygens (including phenoxy) is 4. The van der Waals surface area contributed by atoms with Gasteiger partial charge in [-0.05, 0) is 33.6 Å². The molecule has 1 atom stereocenters. The summed E-state index contributed by atoms with van der Waals surface area (Å²) in [7, 11) is 0. The number of carbonyl (C=O) groups is 3. The third-order valence-electron chi connectivity index (χ3n) is 3.36. The molecule has 1 unspecified atom stereocenters. The highest BCUT2D eigenvalue weighted by Gasteiger charge is 2.19. The number of unbranched alkanes of at least 4 members (excludes halogenated alkanes) is 5. The van der Waals surface area contributed by atoms with E-state index in [1.54, 1.807) is 6.92 Å². The molecular formula is C18H32O7. The van der Waals surface area contributed by atoms with Crippen LogP contribution in [0.1, 0.15) is 72.1 Å². The Labute approximate surface area is 150 Å². The van der Waals surface area contributed by atoms with Crippen LogP contribution in [0.3, 0.4) is 0 Å². The van der Waals surface area contributed by atoms with E-state index < -0.39 is 6.16 Å². The molecule has 0 radical (unpaired) electrons.